The number of nitrogens with one attached hydrogen (secondary N) is 2. The predicted octanol–water partition coefficient (Wildman–Crippen LogP) is 3.46. The number of alkyl halides is 3. The van der Waals surface area contributed by atoms with Crippen molar-refractivity contribution in [2.75, 3.05) is 33.2 Å². The summed E-state index contributed by atoms with van der Waals surface area (Å²) in [5.74, 6) is -1.81. The predicted molar refractivity (Wildman–Crippen MR) is 155 cm³/mol. The number of rotatable bonds is 7. The molecule has 1 aliphatic heterocycles. The average molecular weight is 620 g/mol. The van der Waals surface area contributed by atoms with Crippen LogP contribution in [0.25, 0.3) is 22.3 Å². The number of halogens is 3. The molecule has 2 N–H and O–H groups in total. The summed E-state index contributed by atoms with van der Waals surface area (Å²) in [5, 5.41) is 18.3. The lowest BCUT2D eigenvalue weighted by atomic mass is 9.70. The lowest BCUT2D eigenvalue weighted by Crippen LogP contribution is -2.60. The molecule has 234 valence electrons. The van der Waals surface area contributed by atoms with Gasteiger partial charge in [0.05, 0.1) is 41.2 Å². The summed E-state index contributed by atoms with van der Waals surface area (Å²) in [7, 11) is 1.70. The van der Waals surface area contributed by atoms with Crippen LogP contribution in [0.15, 0.2) is 37.1 Å². The first-order valence-electron chi connectivity index (χ1n) is 15.0. The van der Waals surface area contributed by atoms with Crippen LogP contribution in [0.1, 0.15) is 60.5 Å². The Morgan fingerprint density at radius 3 is 2.62 bits per heavy atom. The lowest BCUT2D eigenvalue weighted by Gasteiger charge is -2.52. The molecule has 4 aromatic rings. The van der Waals surface area contributed by atoms with E-state index in [0.717, 1.165) is 41.6 Å². The van der Waals surface area contributed by atoms with Crippen LogP contribution in [0.5, 0.6) is 0 Å². The van der Waals surface area contributed by atoms with Crippen LogP contribution in [0.2, 0.25) is 0 Å². The Hall–Kier alpha value is -4.42. The van der Waals surface area contributed by atoms with Gasteiger partial charge in [-0.1, -0.05) is 0 Å². The highest BCUT2D eigenvalue weighted by molar-refractivity contribution is 5.92. The van der Waals surface area contributed by atoms with Gasteiger partial charge in [0, 0.05) is 55.6 Å². The van der Waals surface area contributed by atoms with Gasteiger partial charge in [-0.05, 0) is 51.3 Å². The lowest BCUT2D eigenvalue weighted by molar-refractivity contribution is -0.145. The van der Waals surface area contributed by atoms with Crippen LogP contribution in [0.3, 0.4) is 0 Å². The van der Waals surface area contributed by atoms with Gasteiger partial charge in [-0.2, -0.15) is 23.5 Å². The molecule has 0 atom stereocenters. The maximum Gasteiger partial charge on any atom is 0.451 e. The number of aromatic amines is 1. The summed E-state index contributed by atoms with van der Waals surface area (Å²) in [6.45, 7) is 1.87. The molecular weight excluding hydrogens is 587 g/mol. The number of carbonyl (C=O) groups excluding carboxylic acids is 1. The van der Waals surface area contributed by atoms with E-state index < -0.39 is 29.0 Å². The molecule has 0 aromatic carbocycles. The van der Waals surface area contributed by atoms with Crippen LogP contribution in [0.4, 0.5) is 13.2 Å². The molecule has 0 unspecified atom stereocenters. The Kier molecular flexibility index (Phi) is 7.08. The number of hydrogen-bond donors (Lipinski definition) is 2. The number of nitrogens with zero attached hydrogens (tertiary/aromatic N) is 9. The molecule has 4 aromatic heterocycles. The van der Waals surface area contributed by atoms with Crippen LogP contribution in [-0.4, -0.2) is 89.7 Å². The van der Waals surface area contributed by atoms with Crippen molar-refractivity contribution in [1.82, 2.24) is 49.8 Å². The van der Waals surface area contributed by atoms with Crippen molar-refractivity contribution in [3.63, 3.8) is 0 Å². The molecule has 0 spiro atoms. The number of carbonyl (C=O) groups is 1. The largest absolute Gasteiger partial charge is 0.451 e. The first-order valence-corrected chi connectivity index (χ1v) is 15.0. The fraction of sp³-hybridized carbons (Fsp3) is 0.500. The molecule has 0 radical (unpaired) electrons. The van der Waals surface area contributed by atoms with Gasteiger partial charge >= 0.3 is 6.18 Å². The Balaban J connectivity index is 1.03. The third-order valence-corrected chi connectivity index (χ3v) is 9.83. The molecule has 7 rings (SSSR count). The fourth-order valence-electron chi connectivity index (χ4n) is 6.99. The zero-order valence-electron chi connectivity index (χ0n) is 24.7. The standard InChI is InChI=1S/C30H32F3N11O/c1-35-29(4-2-5-29)23-13-22(40-27(41-23)30(31,32)33)26(45)43-11-9-42(10-12-43)20-14-28(15-20,6-7-34)44-17-19(16-39-44)24-21-3-8-36-25(21)38-18-37-24/h3,8,13,16-18,20,35H,2,4-6,9-12,14-15H2,1H3,(H,36,37,38)/t20-,28-. The van der Waals surface area contributed by atoms with Crippen LogP contribution in [-0.2, 0) is 17.3 Å². The molecule has 12 nitrogen and oxygen atoms in total. The maximum atomic E-state index is 13.7. The number of H-pyrrole nitrogens is 1. The highest BCUT2D eigenvalue weighted by Gasteiger charge is 2.49. The molecule has 5 heterocycles. The van der Waals surface area contributed by atoms with Crippen LogP contribution >= 0.6 is 0 Å². The number of piperazine rings is 1. The van der Waals surface area contributed by atoms with Gasteiger partial charge in [-0.3, -0.25) is 14.4 Å². The summed E-state index contributed by atoms with van der Waals surface area (Å²) >= 11 is 0. The average Bonchev–Trinajstić information content (AvgIpc) is 3.68. The highest BCUT2D eigenvalue weighted by Crippen LogP contribution is 2.45. The number of nitriles is 1. The summed E-state index contributed by atoms with van der Waals surface area (Å²) in [6, 6.07) is 5.86. The van der Waals surface area contributed by atoms with Gasteiger partial charge in [-0.25, -0.2) is 19.9 Å². The second-order valence-electron chi connectivity index (χ2n) is 12.2. The van der Waals surface area contributed by atoms with E-state index in [1.807, 2.05) is 23.1 Å². The second kappa shape index (κ2) is 10.9. The molecule has 2 aliphatic carbocycles. The van der Waals surface area contributed by atoms with Crippen molar-refractivity contribution in [2.24, 2.45) is 0 Å². The first kappa shape index (κ1) is 29.3. The Morgan fingerprint density at radius 2 is 1.96 bits per heavy atom. The zero-order valence-corrected chi connectivity index (χ0v) is 24.7. The highest BCUT2D eigenvalue weighted by atomic mass is 19.4. The van der Waals surface area contributed by atoms with Gasteiger partial charge in [0.15, 0.2) is 0 Å². The minimum Gasteiger partial charge on any atom is -0.346 e. The monoisotopic (exact) mass is 619 g/mol. The summed E-state index contributed by atoms with van der Waals surface area (Å²) in [6.07, 6.45) is 6.16. The second-order valence-corrected chi connectivity index (χ2v) is 12.2. The molecule has 45 heavy (non-hydrogen) atoms. The van der Waals surface area contributed by atoms with Gasteiger partial charge in [0.25, 0.3) is 5.91 Å². The van der Waals surface area contributed by atoms with Crippen molar-refractivity contribution in [3.05, 3.63) is 54.3 Å². The number of aromatic nitrogens is 7. The van der Waals surface area contributed by atoms with Crippen LogP contribution in [0, 0.1) is 11.3 Å². The Labute approximate surface area is 256 Å². The van der Waals surface area contributed by atoms with Crippen LogP contribution < -0.4 is 5.32 Å². The van der Waals surface area contributed by atoms with Gasteiger partial charge in [-0.15, -0.1) is 0 Å². The van der Waals surface area contributed by atoms with E-state index in [1.54, 1.807) is 18.1 Å². The van der Waals surface area contributed by atoms with E-state index in [9.17, 15) is 23.2 Å². The first-order chi connectivity index (χ1) is 21.6. The zero-order chi connectivity index (χ0) is 31.4. The molecule has 1 amide bonds. The quantitative estimate of drug-likeness (QED) is 0.318. The third-order valence-electron chi connectivity index (χ3n) is 9.83. The van der Waals surface area contributed by atoms with Gasteiger partial charge in [0.2, 0.25) is 5.82 Å². The molecule has 0 bridgehead atoms. The molecular formula is C30H32F3N11O. The van der Waals surface area contributed by atoms with E-state index >= 15 is 0 Å². The van der Waals surface area contributed by atoms with Crippen molar-refractivity contribution < 1.29 is 18.0 Å². The number of amides is 1. The Bertz CT molecular complexity index is 1770. The Morgan fingerprint density at radius 1 is 1.18 bits per heavy atom. The van der Waals surface area contributed by atoms with E-state index in [-0.39, 0.29) is 17.4 Å². The van der Waals surface area contributed by atoms with Crippen molar-refractivity contribution in [3.8, 4) is 17.3 Å². The third kappa shape index (κ3) is 5.01. The molecule has 3 aliphatic rings. The molecule has 15 heteroatoms. The van der Waals surface area contributed by atoms with Gasteiger partial charge < -0.3 is 15.2 Å². The van der Waals surface area contributed by atoms with E-state index in [4.69, 9.17) is 0 Å². The molecule has 2 saturated carbocycles. The van der Waals surface area contributed by atoms with Crippen molar-refractivity contribution in [2.45, 2.75) is 61.8 Å². The maximum absolute atomic E-state index is 13.7. The van der Waals surface area contributed by atoms with E-state index in [0.29, 0.717) is 45.4 Å². The fourth-order valence-corrected chi connectivity index (χ4v) is 6.99. The smallest absolute Gasteiger partial charge is 0.346 e. The molecule has 1 saturated heterocycles. The normalized spacial score (nSPS) is 23.4. The van der Waals surface area contributed by atoms with E-state index in [1.165, 1.54) is 12.4 Å². The van der Waals surface area contributed by atoms with Gasteiger partial charge in [0.1, 0.15) is 17.7 Å². The minimum absolute atomic E-state index is 0.190. The number of fused-ring (bicyclic) bond motifs is 1. The van der Waals surface area contributed by atoms with E-state index in [2.05, 4.69) is 46.3 Å². The number of hydrogen-bond acceptors (Lipinski definition) is 9. The topological polar surface area (TPSA) is 145 Å². The van der Waals surface area contributed by atoms with Crippen molar-refractivity contribution in [1.29, 1.82) is 5.26 Å². The summed E-state index contributed by atoms with van der Waals surface area (Å²) in [5.41, 5.74) is 1.21. The SMILES string of the molecule is CNC1(c2cc(C(=O)N3CCN([C@H]4C[C@](CC#N)(n5cc(-c6ncnc7[nH]ccc67)cn5)C4)CC3)nc(C(F)(F)F)n2)CCC1. The molecule has 3 fully saturated rings. The summed E-state index contributed by atoms with van der Waals surface area (Å²) < 4.78 is 43.0. The van der Waals surface area contributed by atoms with Crippen molar-refractivity contribution >= 4 is 16.9 Å². The summed E-state index contributed by atoms with van der Waals surface area (Å²) in [4.78, 5) is 36.6. The minimum atomic E-state index is -4.76.